The second-order valence-electron chi connectivity index (χ2n) is 6.35. The molecule has 2 rings (SSSR count). The normalized spacial score (nSPS) is 11.9. The lowest BCUT2D eigenvalue weighted by Crippen LogP contribution is -2.46. The molecule has 5 N–H and O–H groups in total. The molecule has 2 amide bonds. The molecule has 1 atom stereocenters. The van der Waals surface area contributed by atoms with Crippen LogP contribution in [0, 0.1) is 12.8 Å². The fourth-order valence-corrected chi connectivity index (χ4v) is 2.22. The fourth-order valence-electron chi connectivity index (χ4n) is 2.22. The third kappa shape index (κ3) is 5.25. The second-order valence-corrected chi connectivity index (χ2v) is 6.35. The number of aromatic nitrogens is 2. The van der Waals surface area contributed by atoms with Crippen molar-refractivity contribution >= 4 is 17.5 Å². The summed E-state index contributed by atoms with van der Waals surface area (Å²) in [7, 11) is 0. The number of carbonyl (C=O) groups is 2. The number of nitrogens with one attached hydrogen (secondary N) is 3. The number of hydrogen-bond acceptors (Lipinski definition) is 5. The van der Waals surface area contributed by atoms with Gasteiger partial charge in [-0.1, -0.05) is 13.8 Å². The first-order chi connectivity index (χ1) is 12.3. The monoisotopic (exact) mass is 357 g/mol. The van der Waals surface area contributed by atoms with Crippen LogP contribution in [0.25, 0.3) is 11.4 Å². The van der Waals surface area contributed by atoms with Crippen molar-refractivity contribution in [3.63, 3.8) is 0 Å². The Hall–Kier alpha value is -3.00. The number of aryl methyl sites for hydroxylation is 1. The minimum atomic E-state index is -0.647. The first-order valence-corrected chi connectivity index (χ1v) is 8.28. The van der Waals surface area contributed by atoms with E-state index >= 15 is 0 Å². The summed E-state index contributed by atoms with van der Waals surface area (Å²) >= 11 is 0. The molecule has 0 aliphatic heterocycles. The van der Waals surface area contributed by atoms with E-state index in [2.05, 4.69) is 20.6 Å². The summed E-state index contributed by atoms with van der Waals surface area (Å²) in [5.74, 6) is -0.265. The molecule has 1 aromatic carbocycles. The third-order valence-corrected chi connectivity index (χ3v) is 3.76. The van der Waals surface area contributed by atoms with Crippen LogP contribution < -0.4 is 21.9 Å². The zero-order valence-electron chi connectivity index (χ0n) is 15.0. The largest absolute Gasteiger partial charge is 0.346 e. The highest BCUT2D eigenvalue weighted by Crippen LogP contribution is 2.17. The van der Waals surface area contributed by atoms with Gasteiger partial charge >= 0.3 is 0 Å². The molecular formula is C18H23N5O3. The molecule has 8 heteroatoms. The van der Waals surface area contributed by atoms with Crippen LogP contribution in [-0.4, -0.2) is 34.4 Å². The minimum Gasteiger partial charge on any atom is -0.346 e. The van der Waals surface area contributed by atoms with E-state index < -0.39 is 6.04 Å². The summed E-state index contributed by atoms with van der Waals surface area (Å²) in [6, 6.07) is 7.62. The molecule has 2 aromatic rings. The van der Waals surface area contributed by atoms with E-state index in [1.54, 1.807) is 31.2 Å². The van der Waals surface area contributed by atoms with Crippen LogP contribution >= 0.6 is 0 Å². The van der Waals surface area contributed by atoms with E-state index in [1.807, 2.05) is 13.8 Å². The predicted molar refractivity (Wildman–Crippen MR) is 99.5 cm³/mol. The highest BCUT2D eigenvalue weighted by atomic mass is 16.2. The lowest BCUT2D eigenvalue weighted by molar-refractivity contribution is -0.125. The third-order valence-electron chi connectivity index (χ3n) is 3.76. The van der Waals surface area contributed by atoms with Crippen molar-refractivity contribution in [3.8, 4) is 11.4 Å². The Morgan fingerprint density at radius 1 is 1.23 bits per heavy atom. The van der Waals surface area contributed by atoms with Crippen molar-refractivity contribution in [2.75, 3.05) is 11.9 Å². The number of nitrogens with two attached hydrogens (primary N) is 1. The Morgan fingerprint density at radius 2 is 1.88 bits per heavy atom. The number of anilines is 1. The van der Waals surface area contributed by atoms with Crippen LogP contribution in [0.1, 0.15) is 19.5 Å². The summed E-state index contributed by atoms with van der Waals surface area (Å²) < 4.78 is 0. The van der Waals surface area contributed by atoms with Crippen LogP contribution in [0.2, 0.25) is 0 Å². The molecule has 0 aliphatic carbocycles. The van der Waals surface area contributed by atoms with Gasteiger partial charge in [0.15, 0.2) is 0 Å². The molecule has 26 heavy (non-hydrogen) atoms. The summed E-state index contributed by atoms with van der Waals surface area (Å²) in [5, 5.41) is 5.19. The number of aromatic amines is 1. The predicted octanol–water partition coefficient (Wildman–Crippen LogP) is 0.783. The van der Waals surface area contributed by atoms with Crippen LogP contribution in [0.3, 0.4) is 0 Å². The molecule has 0 radical (unpaired) electrons. The van der Waals surface area contributed by atoms with Crippen molar-refractivity contribution in [1.82, 2.24) is 15.3 Å². The molecule has 138 valence electrons. The fraction of sp³-hybridized carbons (Fsp3) is 0.333. The van der Waals surface area contributed by atoms with Crippen LogP contribution in [0.4, 0.5) is 5.69 Å². The Bertz CT molecular complexity index is 843. The van der Waals surface area contributed by atoms with Gasteiger partial charge in [-0.3, -0.25) is 14.4 Å². The molecule has 0 saturated heterocycles. The molecule has 1 aromatic heterocycles. The van der Waals surface area contributed by atoms with Gasteiger partial charge < -0.3 is 21.4 Å². The van der Waals surface area contributed by atoms with Gasteiger partial charge in [0.1, 0.15) is 5.82 Å². The summed E-state index contributed by atoms with van der Waals surface area (Å²) in [4.78, 5) is 42.1. The summed E-state index contributed by atoms with van der Waals surface area (Å²) in [5.41, 5.74) is 7.40. The smallest absolute Gasteiger partial charge is 0.251 e. The zero-order chi connectivity index (χ0) is 19.3. The molecule has 0 saturated carbocycles. The highest BCUT2D eigenvalue weighted by Gasteiger charge is 2.17. The molecular weight excluding hydrogens is 334 g/mol. The van der Waals surface area contributed by atoms with Crippen LogP contribution in [0.5, 0.6) is 0 Å². The Kier molecular flexibility index (Phi) is 6.24. The maximum atomic E-state index is 11.9. The number of benzene rings is 1. The number of amides is 2. The first-order valence-electron chi connectivity index (χ1n) is 8.28. The standard InChI is InChI=1S/C18H23N5O3/c1-10(2)16(19)18(26)20-9-15(25)22-13-6-4-12(5-7-13)17-21-11(3)8-14(24)23-17/h4-8,10,16H,9,19H2,1-3H3,(H,20,26)(H,22,25)(H,21,23,24)/t16-/m0/s1. The lowest BCUT2D eigenvalue weighted by Gasteiger charge is -2.15. The molecule has 8 nitrogen and oxygen atoms in total. The number of carbonyl (C=O) groups excluding carboxylic acids is 2. The maximum absolute atomic E-state index is 11.9. The zero-order valence-corrected chi connectivity index (χ0v) is 15.0. The van der Waals surface area contributed by atoms with E-state index in [-0.39, 0.29) is 29.8 Å². The van der Waals surface area contributed by atoms with Crippen molar-refractivity contribution in [1.29, 1.82) is 0 Å². The van der Waals surface area contributed by atoms with Gasteiger partial charge in [-0.2, -0.15) is 0 Å². The van der Waals surface area contributed by atoms with Crippen molar-refractivity contribution in [2.24, 2.45) is 11.7 Å². The Morgan fingerprint density at radius 3 is 2.46 bits per heavy atom. The number of rotatable bonds is 6. The number of hydrogen-bond donors (Lipinski definition) is 4. The van der Waals surface area contributed by atoms with E-state index in [1.165, 1.54) is 6.07 Å². The Balaban J connectivity index is 1.95. The molecule has 1 heterocycles. The topological polar surface area (TPSA) is 130 Å². The van der Waals surface area contributed by atoms with Gasteiger partial charge in [-0.15, -0.1) is 0 Å². The SMILES string of the molecule is Cc1cc(=O)[nH]c(-c2ccc(NC(=O)CNC(=O)[C@@H](N)C(C)C)cc2)n1. The summed E-state index contributed by atoms with van der Waals surface area (Å²) in [6.45, 7) is 5.25. The van der Waals surface area contributed by atoms with Crippen molar-refractivity contribution in [2.45, 2.75) is 26.8 Å². The lowest BCUT2D eigenvalue weighted by atomic mass is 10.1. The quantitative estimate of drug-likeness (QED) is 0.607. The van der Waals surface area contributed by atoms with E-state index in [0.717, 1.165) is 5.56 Å². The highest BCUT2D eigenvalue weighted by molar-refractivity contribution is 5.95. The van der Waals surface area contributed by atoms with Gasteiger partial charge in [0.2, 0.25) is 11.8 Å². The van der Waals surface area contributed by atoms with E-state index in [4.69, 9.17) is 5.73 Å². The van der Waals surface area contributed by atoms with Gasteiger partial charge in [-0.05, 0) is 37.1 Å². The number of H-pyrrole nitrogens is 1. The van der Waals surface area contributed by atoms with Crippen LogP contribution in [0.15, 0.2) is 35.1 Å². The molecule has 0 aliphatic rings. The summed E-state index contributed by atoms with van der Waals surface area (Å²) in [6.07, 6.45) is 0. The van der Waals surface area contributed by atoms with Gasteiger partial charge in [0, 0.05) is 23.0 Å². The molecule has 0 fully saturated rings. The molecule has 0 spiro atoms. The van der Waals surface area contributed by atoms with E-state index in [9.17, 15) is 14.4 Å². The average molecular weight is 357 g/mol. The molecule has 0 bridgehead atoms. The average Bonchev–Trinajstić information content (AvgIpc) is 2.58. The molecule has 0 unspecified atom stereocenters. The van der Waals surface area contributed by atoms with Crippen molar-refractivity contribution in [3.05, 3.63) is 46.4 Å². The van der Waals surface area contributed by atoms with Gasteiger partial charge in [0.25, 0.3) is 5.56 Å². The van der Waals surface area contributed by atoms with Crippen molar-refractivity contribution < 1.29 is 9.59 Å². The number of nitrogens with zero attached hydrogens (tertiary/aromatic N) is 1. The van der Waals surface area contributed by atoms with Crippen LogP contribution in [-0.2, 0) is 9.59 Å². The first kappa shape index (κ1) is 19.3. The van der Waals surface area contributed by atoms with Gasteiger partial charge in [0.05, 0.1) is 12.6 Å². The van der Waals surface area contributed by atoms with E-state index in [0.29, 0.717) is 17.2 Å². The maximum Gasteiger partial charge on any atom is 0.251 e. The minimum absolute atomic E-state index is 0.00715. The Labute approximate surface area is 151 Å². The van der Waals surface area contributed by atoms with Gasteiger partial charge in [-0.25, -0.2) is 4.98 Å². The second kappa shape index (κ2) is 8.39.